The summed E-state index contributed by atoms with van der Waals surface area (Å²) in [6, 6.07) is 13.5. The van der Waals surface area contributed by atoms with Gasteiger partial charge in [0.15, 0.2) is 0 Å². The lowest BCUT2D eigenvalue weighted by molar-refractivity contribution is 0.411. The first-order chi connectivity index (χ1) is 8.85. The maximum absolute atomic E-state index is 13.5. The minimum Gasteiger partial charge on any atom is -0.207 e. The van der Waals surface area contributed by atoms with Crippen LogP contribution < -0.4 is 0 Å². The number of aryl methyl sites for hydroxylation is 1. The van der Waals surface area contributed by atoms with Gasteiger partial charge in [0, 0.05) is 0 Å². The molecule has 0 aliphatic carbocycles. The number of hydrogen-bond donors (Lipinski definition) is 0. The third-order valence-corrected chi connectivity index (χ3v) is 3.15. The van der Waals surface area contributed by atoms with Crippen LogP contribution in [0, 0.1) is 18.2 Å². The predicted molar refractivity (Wildman–Crippen MR) is 79.7 cm³/mol. The van der Waals surface area contributed by atoms with Crippen molar-refractivity contribution in [2.75, 3.05) is 0 Å². The van der Waals surface area contributed by atoms with Crippen molar-refractivity contribution >= 4 is 0 Å². The predicted octanol–water partition coefficient (Wildman–Crippen LogP) is 5.39. The molecule has 2 rings (SSSR count). The molecule has 0 saturated heterocycles. The average molecular weight is 256 g/mol. The maximum Gasteiger partial charge on any atom is 0.123 e. The van der Waals surface area contributed by atoms with E-state index < -0.39 is 0 Å². The lowest BCUT2D eigenvalue weighted by Crippen LogP contribution is -2.10. The van der Waals surface area contributed by atoms with Gasteiger partial charge in [0.05, 0.1) is 0 Å². The van der Waals surface area contributed by atoms with Crippen molar-refractivity contribution < 1.29 is 4.39 Å². The first-order valence-corrected chi connectivity index (χ1v) is 6.71. The number of hydrogen-bond acceptors (Lipinski definition) is 0. The van der Waals surface area contributed by atoms with Gasteiger partial charge in [0.2, 0.25) is 0 Å². The zero-order valence-electron chi connectivity index (χ0n) is 12.1. The van der Waals surface area contributed by atoms with E-state index >= 15 is 0 Å². The quantitative estimate of drug-likeness (QED) is 0.675. The van der Waals surface area contributed by atoms with Crippen molar-refractivity contribution in [1.82, 2.24) is 0 Å². The molecule has 0 N–H and O–H groups in total. The van der Waals surface area contributed by atoms with Gasteiger partial charge in [-0.1, -0.05) is 56.7 Å². The molecule has 100 valence electrons. The third-order valence-electron chi connectivity index (χ3n) is 3.15. The van der Waals surface area contributed by atoms with E-state index in [9.17, 15) is 4.39 Å². The van der Waals surface area contributed by atoms with Crippen LogP contribution in [-0.4, -0.2) is 0 Å². The molecule has 0 radical (unpaired) electrons. The van der Waals surface area contributed by atoms with Crippen LogP contribution in [0.4, 0.5) is 4.39 Å². The maximum atomic E-state index is 13.5. The second-order valence-electron chi connectivity index (χ2n) is 6.40. The van der Waals surface area contributed by atoms with Crippen LogP contribution in [0.2, 0.25) is 0 Å². The van der Waals surface area contributed by atoms with E-state index in [4.69, 9.17) is 0 Å². The summed E-state index contributed by atoms with van der Waals surface area (Å²) >= 11 is 0. The summed E-state index contributed by atoms with van der Waals surface area (Å²) in [6.45, 7) is 8.61. The lowest BCUT2D eigenvalue weighted by atomic mass is 9.85. The molecule has 1 heteroatoms. The topological polar surface area (TPSA) is 0 Å². The standard InChI is InChI=1S/C18H21F/c1-13-5-7-14(8-6-13)17-10-9-16(19)11-15(17)12-18(2,3)4/h5-11H,12H2,1-4H3. The second-order valence-corrected chi connectivity index (χ2v) is 6.40. The van der Waals surface area contributed by atoms with Gasteiger partial charge in [0.1, 0.15) is 5.82 Å². The van der Waals surface area contributed by atoms with E-state index in [0.29, 0.717) is 0 Å². The Morgan fingerprint density at radius 1 is 0.947 bits per heavy atom. The monoisotopic (exact) mass is 256 g/mol. The zero-order valence-corrected chi connectivity index (χ0v) is 12.1. The lowest BCUT2D eigenvalue weighted by Gasteiger charge is -2.20. The molecule has 0 nitrogen and oxygen atoms in total. The molecule has 0 fully saturated rings. The normalized spacial score (nSPS) is 11.6. The van der Waals surface area contributed by atoms with E-state index in [2.05, 4.69) is 52.0 Å². The Labute approximate surface area is 115 Å². The molecule has 0 amide bonds. The fraction of sp³-hybridized carbons (Fsp3) is 0.333. The van der Waals surface area contributed by atoms with Crippen molar-refractivity contribution in [2.45, 2.75) is 34.1 Å². The van der Waals surface area contributed by atoms with Crippen molar-refractivity contribution in [3.63, 3.8) is 0 Å². The molecule has 2 aromatic carbocycles. The van der Waals surface area contributed by atoms with Crippen LogP contribution in [0.3, 0.4) is 0 Å². The Morgan fingerprint density at radius 2 is 1.58 bits per heavy atom. The second kappa shape index (κ2) is 5.16. The van der Waals surface area contributed by atoms with E-state index in [1.54, 1.807) is 12.1 Å². The van der Waals surface area contributed by atoms with Crippen LogP contribution in [0.5, 0.6) is 0 Å². The van der Waals surface area contributed by atoms with Crippen LogP contribution in [0.25, 0.3) is 11.1 Å². The summed E-state index contributed by atoms with van der Waals surface area (Å²) in [5, 5.41) is 0. The van der Waals surface area contributed by atoms with Crippen LogP contribution in [-0.2, 0) is 6.42 Å². The van der Waals surface area contributed by atoms with Gasteiger partial charge in [-0.05, 0) is 47.6 Å². The summed E-state index contributed by atoms with van der Waals surface area (Å²) in [5.74, 6) is -0.157. The first-order valence-electron chi connectivity index (χ1n) is 6.71. The molecule has 0 aliphatic heterocycles. The fourth-order valence-electron chi connectivity index (χ4n) is 2.29. The molecule has 0 atom stereocenters. The average Bonchev–Trinajstić information content (AvgIpc) is 2.29. The first kappa shape index (κ1) is 13.8. The largest absolute Gasteiger partial charge is 0.207 e. The van der Waals surface area contributed by atoms with Gasteiger partial charge in [-0.25, -0.2) is 4.39 Å². The summed E-state index contributed by atoms with van der Waals surface area (Å²) in [7, 11) is 0. The molecular weight excluding hydrogens is 235 g/mol. The molecule has 0 aliphatic rings. The summed E-state index contributed by atoms with van der Waals surface area (Å²) in [5.41, 5.74) is 4.76. The van der Waals surface area contributed by atoms with Crippen molar-refractivity contribution in [3.05, 3.63) is 59.4 Å². The molecule has 0 heterocycles. The Hall–Kier alpha value is -1.63. The van der Waals surface area contributed by atoms with E-state index in [-0.39, 0.29) is 11.2 Å². The zero-order chi connectivity index (χ0) is 14.0. The highest BCUT2D eigenvalue weighted by Crippen LogP contribution is 2.30. The van der Waals surface area contributed by atoms with E-state index in [1.807, 2.05) is 6.07 Å². The smallest absolute Gasteiger partial charge is 0.123 e. The molecule has 0 aromatic heterocycles. The molecule has 19 heavy (non-hydrogen) atoms. The highest BCUT2D eigenvalue weighted by Gasteiger charge is 2.15. The molecule has 0 unspecified atom stereocenters. The van der Waals surface area contributed by atoms with Gasteiger partial charge in [-0.2, -0.15) is 0 Å². The Kier molecular flexibility index (Phi) is 3.75. The van der Waals surface area contributed by atoms with Gasteiger partial charge in [0.25, 0.3) is 0 Å². The van der Waals surface area contributed by atoms with Crippen molar-refractivity contribution in [2.24, 2.45) is 5.41 Å². The van der Waals surface area contributed by atoms with Crippen LogP contribution in [0.1, 0.15) is 31.9 Å². The van der Waals surface area contributed by atoms with Gasteiger partial charge in [-0.3, -0.25) is 0 Å². The van der Waals surface area contributed by atoms with Crippen molar-refractivity contribution in [1.29, 1.82) is 0 Å². The summed E-state index contributed by atoms with van der Waals surface area (Å²) < 4.78 is 13.5. The Morgan fingerprint density at radius 3 is 2.16 bits per heavy atom. The summed E-state index contributed by atoms with van der Waals surface area (Å²) in [4.78, 5) is 0. The van der Waals surface area contributed by atoms with E-state index in [0.717, 1.165) is 23.1 Å². The SMILES string of the molecule is Cc1ccc(-c2ccc(F)cc2CC(C)(C)C)cc1. The number of halogens is 1. The number of rotatable bonds is 2. The van der Waals surface area contributed by atoms with Gasteiger partial charge >= 0.3 is 0 Å². The minimum atomic E-state index is -0.157. The summed E-state index contributed by atoms with van der Waals surface area (Å²) in [6.07, 6.45) is 0.869. The Bertz CT molecular complexity index is 559. The third kappa shape index (κ3) is 3.66. The van der Waals surface area contributed by atoms with Crippen molar-refractivity contribution in [3.8, 4) is 11.1 Å². The van der Waals surface area contributed by atoms with E-state index in [1.165, 1.54) is 5.56 Å². The molecule has 0 saturated carbocycles. The Balaban J connectivity index is 2.47. The molecular formula is C18H21F. The van der Waals surface area contributed by atoms with Crippen LogP contribution >= 0.6 is 0 Å². The highest BCUT2D eigenvalue weighted by atomic mass is 19.1. The van der Waals surface area contributed by atoms with Gasteiger partial charge in [-0.15, -0.1) is 0 Å². The molecule has 0 spiro atoms. The molecule has 0 bridgehead atoms. The molecule has 2 aromatic rings. The number of benzene rings is 2. The highest BCUT2D eigenvalue weighted by molar-refractivity contribution is 5.67. The minimum absolute atomic E-state index is 0.146. The fourth-order valence-corrected chi connectivity index (χ4v) is 2.29. The van der Waals surface area contributed by atoms with Crippen LogP contribution in [0.15, 0.2) is 42.5 Å². The van der Waals surface area contributed by atoms with Gasteiger partial charge < -0.3 is 0 Å².